The summed E-state index contributed by atoms with van der Waals surface area (Å²) < 4.78 is 37.0. The molecule has 0 amide bonds. The Balaban J connectivity index is 2.94. The van der Waals surface area contributed by atoms with Gasteiger partial charge in [0.1, 0.15) is 17.1 Å². The van der Waals surface area contributed by atoms with E-state index < -0.39 is 16.2 Å². The minimum absolute atomic E-state index is 0.0389. The number of nitrogens with zero attached hydrogens (tertiary/aromatic N) is 2. The van der Waals surface area contributed by atoms with Gasteiger partial charge in [0, 0.05) is 20.1 Å². The van der Waals surface area contributed by atoms with Crippen LogP contribution in [0.3, 0.4) is 0 Å². The Hall–Kier alpha value is -1.38. The highest BCUT2D eigenvalue weighted by Gasteiger charge is 2.27. The summed E-state index contributed by atoms with van der Waals surface area (Å²) in [6, 6.07) is 1.35. The van der Waals surface area contributed by atoms with Crippen LogP contribution in [-0.4, -0.2) is 50.2 Å². The molecule has 0 spiro atoms. The highest BCUT2D eigenvalue weighted by atomic mass is 32.2. The number of hydrogen-bond acceptors (Lipinski definition) is 5. The van der Waals surface area contributed by atoms with Gasteiger partial charge in [0.05, 0.1) is 13.7 Å². The number of ether oxygens (including phenoxy) is 1. The fraction of sp³-hybridized carbons (Fsp3) is 0.615. The van der Waals surface area contributed by atoms with Crippen molar-refractivity contribution in [2.75, 3.05) is 21.2 Å². The molecule has 1 aromatic heterocycles. The van der Waals surface area contributed by atoms with Crippen molar-refractivity contribution in [3.05, 3.63) is 23.2 Å². The molecule has 0 N–H and O–H groups in total. The van der Waals surface area contributed by atoms with Crippen molar-refractivity contribution in [1.82, 2.24) is 8.61 Å². The molecule has 0 aliphatic heterocycles. The zero-order valence-corrected chi connectivity index (χ0v) is 14.0. The third kappa shape index (κ3) is 3.84. The fourth-order valence-corrected chi connectivity index (χ4v) is 2.98. The third-order valence-corrected chi connectivity index (χ3v) is 5.30. The maximum absolute atomic E-state index is 12.3. The zero-order chi connectivity index (χ0) is 16.4. The molecule has 0 fully saturated rings. The molecular formula is C13H22N2O5S. The van der Waals surface area contributed by atoms with Gasteiger partial charge in [0.25, 0.3) is 10.2 Å². The number of esters is 1. The fourth-order valence-electron chi connectivity index (χ4n) is 1.72. The van der Waals surface area contributed by atoms with E-state index in [0.717, 1.165) is 0 Å². The van der Waals surface area contributed by atoms with E-state index in [4.69, 9.17) is 4.42 Å². The van der Waals surface area contributed by atoms with E-state index in [1.54, 1.807) is 20.8 Å². The maximum Gasteiger partial charge on any atom is 0.341 e. The van der Waals surface area contributed by atoms with Crippen LogP contribution in [0.2, 0.25) is 0 Å². The molecule has 21 heavy (non-hydrogen) atoms. The Labute approximate surface area is 125 Å². The normalized spacial score (nSPS) is 12.4. The molecule has 0 aliphatic carbocycles. The number of rotatable bonds is 6. The summed E-state index contributed by atoms with van der Waals surface area (Å²) in [5.74, 6) is 0.281. The summed E-state index contributed by atoms with van der Waals surface area (Å²) in [7, 11) is 0.685. The topological polar surface area (TPSA) is 80.1 Å². The molecule has 120 valence electrons. The second-order valence-electron chi connectivity index (χ2n) is 5.05. The number of carbonyl (C=O) groups excluding carboxylic acids is 1. The predicted molar refractivity (Wildman–Crippen MR) is 78.1 cm³/mol. The van der Waals surface area contributed by atoms with Gasteiger partial charge in [-0.3, -0.25) is 0 Å². The van der Waals surface area contributed by atoms with Gasteiger partial charge < -0.3 is 9.15 Å². The molecule has 0 aliphatic rings. The van der Waals surface area contributed by atoms with Crippen molar-refractivity contribution in [2.45, 2.75) is 33.4 Å². The quantitative estimate of drug-likeness (QED) is 0.741. The summed E-state index contributed by atoms with van der Waals surface area (Å²) in [5, 5.41) is 0. The van der Waals surface area contributed by atoms with Crippen LogP contribution in [0.1, 0.15) is 35.7 Å². The first-order chi connectivity index (χ1) is 9.61. The van der Waals surface area contributed by atoms with Crippen molar-refractivity contribution in [3.8, 4) is 0 Å². The van der Waals surface area contributed by atoms with Crippen molar-refractivity contribution >= 4 is 16.2 Å². The number of furan rings is 1. The summed E-state index contributed by atoms with van der Waals surface area (Å²) >= 11 is 0. The molecule has 1 rings (SSSR count). The SMILES string of the molecule is COC(=O)c1cc(CN(C)S(=O)(=O)N(C)C(C)C)oc1C. The Morgan fingerprint density at radius 2 is 1.95 bits per heavy atom. The van der Waals surface area contributed by atoms with Crippen LogP contribution in [0.5, 0.6) is 0 Å². The minimum Gasteiger partial charge on any atom is -0.465 e. The van der Waals surface area contributed by atoms with Crippen molar-refractivity contribution in [2.24, 2.45) is 0 Å². The highest BCUT2D eigenvalue weighted by molar-refractivity contribution is 7.86. The number of aryl methyl sites for hydroxylation is 1. The number of methoxy groups -OCH3 is 1. The lowest BCUT2D eigenvalue weighted by Gasteiger charge is -2.26. The van der Waals surface area contributed by atoms with E-state index in [0.29, 0.717) is 17.1 Å². The van der Waals surface area contributed by atoms with E-state index in [2.05, 4.69) is 4.74 Å². The van der Waals surface area contributed by atoms with E-state index in [-0.39, 0.29) is 12.6 Å². The Morgan fingerprint density at radius 1 is 1.38 bits per heavy atom. The van der Waals surface area contributed by atoms with Gasteiger partial charge in [-0.25, -0.2) is 4.79 Å². The first kappa shape index (κ1) is 17.7. The minimum atomic E-state index is -3.58. The van der Waals surface area contributed by atoms with Gasteiger partial charge in [-0.05, 0) is 26.8 Å². The smallest absolute Gasteiger partial charge is 0.341 e. The van der Waals surface area contributed by atoms with Gasteiger partial charge in [-0.2, -0.15) is 17.0 Å². The van der Waals surface area contributed by atoms with Gasteiger partial charge in [-0.1, -0.05) is 0 Å². The van der Waals surface area contributed by atoms with Gasteiger partial charge in [0.2, 0.25) is 0 Å². The van der Waals surface area contributed by atoms with Gasteiger partial charge >= 0.3 is 5.97 Å². The van der Waals surface area contributed by atoms with Gasteiger partial charge in [-0.15, -0.1) is 0 Å². The monoisotopic (exact) mass is 318 g/mol. The van der Waals surface area contributed by atoms with E-state index >= 15 is 0 Å². The molecule has 1 heterocycles. The lowest BCUT2D eigenvalue weighted by atomic mass is 10.2. The first-order valence-corrected chi connectivity index (χ1v) is 7.87. The predicted octanol–water partition coefficient (Wildman–Crippen LogP) is 1.39. The van der Waals surface area contributed by atoms with E-state index in [1.807, 2.05) is 0 Å². The van der Waals surface area contributed by atoms with Crippen LogP contribution >= 0.6 is 0 Å². The highest BCUT2D eigenvalue weighted by Crippen LogP contribution is 2.19. The second kappa shape index (κ2) is 6.59. The van der Waals surface area contributed by atoms with Crippen LogP contribution in [0.15, 0.2) is 10.5 Å². The Bertz CT molecular complexity index is 606. The lowest BCUT2D eigenvalue weighted by Crippen LogP contribution is -2.42. The molecule has 0 bridgehead atoms. The summed E-state index contributed by atoms with van der Waals surface area (Å²) in [4.78, 5) is 11.5. The van der Waals surface area contributed by atoms with E-state index in [1.165, 1.54) is 35.9 Å². The van der Waals surface area contributed by atoms with Crippen LogP contribution in [0.25, 0.3) is 0 Å². The summed E-state index contributed by atoms with van der Waals surface area (Å²) in [6.07, 6.45) is 0. The first-order valence-electron chi connectivity index (χ1n) is 6.48. The molecule has 0 unspecified atom stereocenters. The summed E-state index contributed by atoms with van der Waals surface area (Å²) in [5.41, 5.74) is 0.301. The standard InChI is InChI=1S/C13H22N2O5S/c1-9(2)15(5)21(17,18)14(4)8-11-7-12(10(3)20-11)13(16)19-6/h7,9H,8H2,1-6H3. The number of hydrogen-bond donors (Lipinski definition) is 0. The molecule has 0 saturated carbocycles. The van der Waals surface area contributed by atoms with Crippen molar-refractivity contribution in [3.63, 3.8) is 0 Å². The molecule has 0 atom stereocenters. The molecule has 0 saturated heterocycles. The molecule has 0 aromatic carbocycles. The average molecular weight is 318 g/mol. The second-order valence-corrected chi connectivity index (χ2v) is 7.14. The molecular weight excluding hydrogens is 296 g/mol. The molecule has 0 radical (unpaired) electrons. The molecule has 1 aromatic rings. The largest absolute Gasteiger partial charge is 0.465 e. The third-order valence-electron chi connectivity index (χ3n) is 3.24. The van der Waals surface area contributed by atoms with Crippen molar-refractivity contribution < 1.29 is 22.4 Å². The summed E-state index contributed by atoms with van der Waals surface area (Å²) in [6.45, 7) is 5.25. The van der Waals surface area contributed by atoms with E-state index in [9.17, 15) is 13.2 Å². The van der Waals surface area contributed by atoms with Crippen LogP contribution < -0.4 is 0 Å². The lowest BCUT2D eigenvalue weighted by molar-refractivity contribution is 0.0599. The average Bonchev–Trinajstić information content (AvgIpc) is 2.77. The number of carbonyl (C=O) groups is 1. The maximum atomic E-state index is 12.3. The Kier molecular flexibility index (Phi) is 5.54. The zero-order valence-electron chi connectivity index (χ0n) is 13.2. The van der Waals surface area contributed by atoms with Crippen LogP contribution in [-0.2, 0) is 21.5 Å². The Morgan fingerprint density at radius 3 is 2.43 bits per heavy atom. The molecule has 7 nitrogen and oxygen atoms in total. The molecule has 8 heteroatoms. The van der Waals surface area contributed by atoms with Gasteiger partial charge in [0.15, 0.2) is 0 Å². The van der Waals surface area contributed by atoms with Crippen LogP contribution in [0, 0.1) is 6.92 Å². The van der Waals surface area contributed by atoms with Crippen LogP contribution in [0.4, 0.5) is 0 Å². The van der Waals surface area contributed by atoms with Crippen molar-refractivity contribution in [1.29, 1.82) is 0 Å².